The Labute approximate surface area is 67.3 Å². The lowest BCUT2D eigenvalue weighted by Crippen LogP contribution is -2.27. The summed E-state index contributed by atoms with van der Waals surface area (Å²) in [6, 6.07) is 0. The summed E-state index contributed by atoms with van der Waals surface area (Å²) < 4.78 is 0. The summed E-state index contributed by atoms with van der Waals surface area (Å²) in [7, 11) is 0. The van der Waals surface area contributed by atoms with Crippen molar-refractivity contribution < 1.29 is 9.90 Å². The predicted octanol–water partition coefficient (Wildman–Crippen LogP) is 0.969. The quantitative estimate of drug-likeness (QED) is 0.604. The lowest BCUT2D eigenvalue weighted by atomic mass is 10.3. The first-order valence-corrected chi connectivity index (χ1v) is 3.75. The van der Waals surface area contributed by atoms with E-state index < -0.39 is 5.97 Å². The second-order valence-corrected chi connectivity index (χ2v) is 2.37. The van der Waals surface area contributed by atoms with Gasteiger partial charge in [-0.15, -0.1) is 0 Å². The largest absolute Gasteiger partial charge is 0.478 e. The Balaban J connectivity index is 3.81. The Morgan fingerprint density at radius 1 is 1.45 bits per heavy atom. The molecule has 0 aromatic heterocycles. The molecular weight excluding hydrogens is 142 g/mol. The van der Waals surface area contributed by atoms with Gasteiger partial charge in [-0.2, -0.15) is 0 Å². The van der Waals surface area contributed by atoms with Gasteiger partial charge in [-0.3, -0.25) is 4.90 Å². The summed E-state index contributed by atoms with van der Waals surface area (Å²) >= 11 is 0. The summed E-state index contributed by atoms with van der Waals surface area (Å²) in [5, 5.41) is 8.50. The average molecular weight is 157 g/mol. The van der Waals surface area contributed by atoms with Crippen LogP contribution < -0.4 is 0 Å². The Morgan fingerprint density at radius 3 is 2.18 bits per heavy atom. The number of carbonyl (C=O) groups is 1. The zero-order valence-electron chi connectivity index (χ0n) is 7.13. The Hall–Kier alpha value is -0.830. The maximum absolute atomic E-state index is 10.3. The van der Waals surface area contributed by atoms with Gasteiger partial charge in [-0.05, 0) is 13.1 Å². The van der Waals surface area contributed by atoms with Crippen LogP contribution >= 0.6 is 0 Å². The highest BCUT2D eigenvalue weighted by atomic mass is 16.4. The van der Waals surface area contributed by atoms with E-state index in [2.05, 4.69) is 6.58 Å². The molecule has 3 heteroatoms. The van der Waals surface area contributed by atoms with E-state index in [1.54, 1.807) is 0 Å². The minimum atomic E-state index is -0.906. The topological polar surface area (TPSA) is 40.5 Å². The number of hydrogen-bond donors (Lipinski definition) is 1. The van der Waals surface area contributed by atoms with Gasteiger partial charge in [0.1, 0.15) is 0 Å². The predicted molar refractivity (Wildman–Crippen MR) is 44.6 cm³/mol. The molecule has 0 radical (unpaired) electrons. The van der Waals surface area contributed by atoms with E-state index in [1.165, 1.54) is 0 Å². The molecule has 11 heavy (non-hydrogen) atoms. The molecule has 0 amide bonds. The van der Waals surface area contributed by atoms with Crippen molar-refractivity contribution in [3.63, 3.8) is 0 Å². The molecule has 0 aliphatic heterocycles. The van der Waals surface area contributed by atoms with Crippen LogP contribution in [0.5, 0.6) is 0 Å². The molecule has 0 saturated heterocycles. The molecule has 0 bridgehead atoms. The van der Waals surface area contributed by atoms with E-state index >= 15 is 0 Å². The van der Waals surface area contributed by atoms with E-state index in [0.29, 0.717) is 6.54 Å². The number of carboxylic acids is 1. The van der Waals surface area contributed by atoms with Crippen molar-refractivity contribution in [3.05, 3.63) is 12.2 Å². The van der Waals surface area contributed by atoms with Crippen LogP contribution in [0.1, 0.15) is 13.8 Å². The molecule has 1 N–H and O–H groups in total. The van der Waals surface area contributed by atoms with E-state index in [9.17, 15) is 4.79 Å². The summed E-state index contributed by atoms with van der Waals surface area (Å²) in [5.41, 5.74) is 0.258. The smallest absolute Gasteiger partial charge is 0.332 e. The average Bonchev–Trinajstić information content (AvgIpc) is 1.99. The fraction of sp³-hybridized carbons (Fsp3) is 0.625. The molecule has 64 valence electrons. The van der Waals surface area contributed by atoms with Crippen LogP contribution in [0, 0.1) is 0 Å². The molecule has 3 nitrogen and oxygen atoms in total. The van der Waals surface area contributed by atoms with Gasteiger partial charge in [0, 0.05) is 12.1 Å². The third kappa shape index (κ3) is 3.78. The van der Waals surface area contributed by atoms with Crippen molar-refractivity contribution >= 4 is 5.97 Å². The van der Waals surface area contributed by atoms with Gasteiger partial charge in [0.05, 0.1) is 0 Å². The third-order valence-electron chi connectivity index (χ3n) is 1.61. The maximum atomic E-state index is 10.3. The zero-order chi connectivity index (χ0) is 8.85. The summed E-state index contributed by atoms with van der Waals surface area (Å²) in [6.07, 6.45) is 0. The first-order valence-electron chi connectivity index (χ1n) is 3.75. The number of nitrogens with zero attached hydrogens (tertiary/aromatic N) is 1. The van der Waals surface area contributed by atoms with Gasteiger partial charge in [-0.1, -0.05) is 20.4 Å². The van der Waals surface area contributed by atoms with E-state index in [-0.39, 0.29) is 5.57 Å². The Morgan fingerprint density at radius 2 is 1.91 bits per heavy atom. The van der Waals surface area contributed by atoms with Crippen LogP contribution in [0.15, 0.2) is 12.2 Å². The van der Waals surface area contributed by atoms with Gasteiger partial charge in [0.15, 0.2) is 0 Å². The normalized spacial score (nSPS) is 10.1. The maximum Gasteiger partial charge on any atom is 0.332 e. The lowest BCUT2D eigenvalue weighted by molar-refractivity contribution is -0.132. The number of carboxylic acid groups (broad SMARTS) is 1. The molecule has 0 rings (SSSR count). The lowest BCUT2D eigenvalue weighted by Gasteiger charge is -2.17. The van der Waals surface area contributed by atoms with Crippen LogP contribution in [-0.2, 0) is 4.79 Å². The van der Waals surface area contributed by atoms with Crippen molar-refractivity contribution in [2.45, 2.75) is 13.8 Å². The second-order valence-electron chi connectivity index (χ2n) is 2.37. The van der Waals surface area contributed by atoms with Crippen LogP contribution in [-0.4, -0.2) is 35.6 Å². The van der Waals surface area contributed by atoms with E-state index in [0.717, 1.165) is 13.1 Å². The van der Waals surface area contributed by atoms with Gasteiger partial charge in [0.2, 0.25) is 0 Å². The van der Waals surface area contributed by atoms with Crippen molar-refractivity contribution in [2.75, 3.05) is 19.6 Å². The SMILES string of the molecule is C=C(CN(CC)CC)C(=O)O. The van der Waals surface area contributed by atoms with Gasteiger partial charge < -0.3 is 5.11 Å². The van der Waals surface area contributed by atoms with Crippen molar-refractivity contribution in [3.8, 4) is 0 Å². The first-order chi connectivity index (χ1) is 5.11. The van der Waals surface area contributed by atoms with Crippen molar-refractivity contribution in [1.82, 2.24) is 4.90 Å². The molecule has 0 heterocycles. The molecule has 0 unspecified atom stereocenters. The van der Waals surface area contributed by atoms with E-state index in [4.69, 9.17) is 5.11 Å². The molecule has 0 spiro atoms. The number of hydrogen-bond acceptors (Lipinski definition) is 2. The van der Waals surface area contributed by atoms with Crippen molar-refractivity contribution in [1.29, 1.82) is 0 Å². The third-order valence-corrected chi connectivity index (χ3v) is 1.61. The van der Waals surface area contributed by atoms with Crippen LogP contribution in [0.3, 0.4) is 0 Å². The number of aliphatic carboxylic acids is 1. The highest BCUT2D eigenvalue weighted by molar-refractivity contribution is 5.86. The highest BCUT2D eigenvalue weighted by Gasteiger charge is 2.07. The molecule has 0 aromatic carbocycles. The molecule has 0 aliphatic carbocycles. The minimum Gasteiger partial charge on any atom is -0.478 e. The van der Waals surface area contributed by atoms with Crippen LogP contribution in [0.4, 0.5) is 0 Å². The molecule has 0 saturated carbocycles. The van der Waals surface area contributed by atoms with Gasteiger partial charge in [-0.25, -0.2) is 4.79 Å². The van der Waals surface area contributed by atoms with Gasteiger partial charge in [0.25, 0.3) is 0 Å². The number of likely N-dealkylation sites (N-methyl/N-ethyl adjacent to an activating group) is 1. The second kappa shape index (κ2) is 4.91. The summed E-state index contributed by atoms with van der Waals surface area (Å²) in [5.74, 6) is -0.906. The molecular formula is C8H15NO2. The molecule has 0 aromatic rings. The monoisotopic (exact) mass is 157 g/mol. The number of rotatable bonds is 5. The zero-order valence-corrected chi connectivity index (χ0v) is 7.13. The highest BCUT2D eigenvalue weighted by Crippen LogP contribution is 1.95. The molecule has 0 fully saturated rings. The standard InChI is InChI=1S/C8H15NO2/c1-4-9(5-2)6-7(3)8(10)11/h3-6H2,1-2H3,(H,10,11). The van der Waals surface area contributed by atoms with E-state index in [1.807, 2.05) is 18.7 Å². The van der Waals surface area contributed by atoms with Crippen molar-refractivity contribution in [2.24, 2.45) is 0 Å². The first kappa shape index (κ1) is 10.2. The minimum absolute atomic E-state index is 0.258. The fourth-order valence-electron chi connectivity index (χ4n) is 0.785. The van der Waals surface area contributed by atoms with Crippen LogP contribution in [0.25, 0.3) is 0 Å². The Kier molecular flexibility index (Phi) is 4.54. The fourth-order valence-corrected chi connectivity index (χ4v) is 0.785. The molecule has 0 atom stereocenters. The van der Waals surface area contributed by atoms with Crippen LogP contribution in [0.2, 0.25) is 0 Å². The summed E-state index contributed by atoms with van der Waals surface area (Å²) in [4.78, 5) is 12.4. The Bertz CT molecular complexity index is 150. The summed E-state index contributed by atoms with van der Waals surface area (Å²) in [6.45, 7) is 9.63. The van der Waals surface area contributed by atoms with Gasteiger partial charge >= 0.3 is 5.97 Å². The molecule has 0 aliphatic rings.